The molecule has 0 radical (unpaired) electrons. The van der Waals surface area contributed by atoms with Crippen molar-refractivity contribution in [3.05, 3.63) is 53.1 Å². The molecule has 0 spiro atoms. The lowest BCUT2D eigenvalue weighted by molar-refractivity contribution is -0.136. The van der Waals surface area contributed by atoms with Gasteiger partial charge in [-0.25, -0.2) is 4.79 Å². The van der Waals surface area contributed by atoms with Crippen LogP contribution in [0.4, 0.5) is 10.5 Å². The number of carbonyl (C=O) groups excluding carboxylic acids is 1. The van der Waals surface area contributed by atoms with Crippen LogP contribution in [0.5, 0.6) is 11.5 Å². The maximum atomic E-state index is 13.4. The number of unbranched alkanes of at least 4 members (excludes halogenated alkanes) is 3. The molecule has 1 saturated heterocycles. The first-order chi connectivity index (χ1) is 16.5. The number of methoxy groups -OCH3 is 2. The second-order valence-corrected chi connectivity index (χ2v) is 8.73. The molecule has 1 fully saturated rings. The van der Waals surface area contributed by atoms with Crippen molar-refractivity contribution in [2.45, 2.75) is 58.4 Å². The molecule has 0 bridgehead atoms. The molecule has 7 heteroatoms. The number of anilines is 1. The fourth-order valence-corrected chi connectivity index (χ4v) is 4.45. The minimum atomic E-state index is -0.888. The molecule has 0 unspecified atom stereocenters. The predicted molar refractivity (Wildman–Crippen MR) is 133 cm³/mol. The third-order valence-electron chi connectivity index (χ3n) is 6.25. The molecule has 34 heavy (non-hydrogen) atoms. The predicted octanol–water partition coefficient (Wildman–Crippen LogP) is 5.29. The summed E-state index contributed by atoms with van der Waals surface area (Å²) in [5.74, 6) is 0.580. The Morgan fingerprint density at radius 1 is 0.971 bits per heavy atom. The van der Waals surface area contributed by atoms with Gasteiger partial charge in [0.05, 0.1) is 27.2 Å². The summed E-state index contributed by atoms with van der Waals surface area (Å²) >= 11 is 0. The van der Waals surface area contributed by atoms with E-state index >= 15 is 0 Å². The largest absolute Gasteiger partial charge is 0.496 e. The SMILES string of the molecule is CCCCCCc1cc(N2CCCN(Cc3ccc(CC(=O)O)cc3OC)C2=O)ccc1OC. The molecule has 2 aromatic rings. The Labute approximate surface area is 202 Å². The van der Waals surface area contributed by atoms with Crippen molar-refractivity contribution in [2.24, 2.45) is 0 Å². The molecule has 2 amide bonds. The highest BCUT2D eigenvalue weighted by molar-refractivity contribution is 5.93. The summed E-state index contributed by atoms with van der Waals surface area (Å²) in [4.78, 5) is 28.1. The average Bonchev–Trinajstić information content (AvgIpc) is 2.83. The standard InChI is InChI=1S/C27H36N2O5/c1-4-5-6-7-9-21-18-23(12-13-24(21)33-2)29-15-8-14-28(27(29)32)19-22-11-10-20(17-26(30)31)16-25(22)34-3/h10-13,16,18H,4-9,14-15,17,19H2,1-3H3,(H,30,31). The van der Waals surface area contributed by atoms with Gasteiger partial charge >= 0.3 is 12.0 Å². The number of hydrogen-bond donors (Lipinski definition) is 1. The summed E-state index contributed by atoms with van der Waals surface area (Å²) in [5, 5.41) is 9.05. The molecular formula is C27H36N2O5. The molecule has 1 N–H and O–H groups in total. The monoisotopic (exact) mass is 468 g/mol. The number of nitrogens with zero attached hydrogens (tertiary/aromatic N) is 2. The second kappa shape index (κ2) is 12.3. The minimum absolute atomic E-state index is 0.0370. The first-order valence-corrected chi connectivity index (χ1v) is 12.1. The van der Waals surface area contributed by atoms with Crippen LogP contribution in [0.2, 0.25) is 0 Å². The number of amides is 2. The Bertz CT molecular complexity index is 991. The summed E-state index contributed by atoms with van der Waals surface area (Å²) < 4.78 is 11.1. The molecular weight excluding hydrogens is 432 g/mol. The number of carboxylic acid groups (broad SMARTS) is 1. The van der Waals surface area contributed by atoms with Crippen LogP contribution in [-0.2, 0) is 24.2 Å². The topological polar surface area (TPSA) is 79.3 Å². The average molecular weight is 469 g/mol. The fourth-order valence-electron chi connectivity index (χ4n) is 4.45. The van der Waals surface area contributed by atoms with Crippen molar-refractivity contribution < 1.29 is 24.2 Å². The highest BCUT2D eigenvalue weighted by Gasteiger charge is 2.28. The van der Waals surface area contributed by atoms with E-state index in [1.807, 2.05) is 28.0 Å². The zero-order valence-corrected chi connectivity index (χ0v) is 20.5. The molecule has 3 rings (SSSR count). The number of aryl methyl sites for hydroxylation is 1. The van der Waals surface area contributed by atoms with Crippen LogP contribution in [0, 0.1) is 0 Å². The van der Waals surface area contributed by atoms with E-state index in [0.29, 0.717) is 30.9 Å². The van der Waals surface area contributed by atoms with Crippen LogP contribution in [-0.4, -0.2) is 49.3 Å². The van der Waals surface area contributed by atoms with Crippen LogP contribution in [0.1, 0.15) is 55.7 Å². The summed E-state index contributed by atoms with van der Waals surface area (Å²) in [5.41, 5.74) is 3.56. The van der Waals surface area contributed by atoms with Crippen LogP contribution in [0.3, 0.4) is 0 Å². The normalized spacial score (nSPS) is 13.8. The van der Waals surface area contributed by atoms with Crippen molar-refractivity contribution >= 4 is 17.7 Å². The van der Waals surface area contributed by atoms with Gasteiger partial charge in [-0.15, -0.1) is 0 Å². The molecule has 7 nitrogen and oxygen atoms in total. The molecule has 1 aliphatic heterocycles. The van der Waals surface area contributed by atoms with E-state index in [1.165, 1.54) is 19.3 Å². The minimum Gasteiger partial charge on any atom is -0.496 e. The molecule has 2 aromatic carbocycles. The molecule has 0 aromatic heterocycles. The van der Waals surface area contributed by atoms with Gasteiger partial charge in [-0.2, -0.15) is 0 Å². The number of ether oxygens (including phenoxy) is 2. The number of rotatable bonds is 12. The van der Waals surface area contributed by atoms with E-state index in [2.05, 4.69) is 13.0 Å². The van der Waals surface area contributed by atoms with E-state index in [9.17, 15) is 9.59 Å². The smallest absolute Gasteiger partial charge is 0.324 e. The first kappa shape index (κ1) is 25.4. The highest BCUT2D eigenvalue weighted by Crippen LogP contribution is 2.30. The van der Waals surface area contributed by atoms with Gasteiger partial charge in [-0.1, -0.05) is 38.3 Å². The molecule has 0 atom stereocenters. The van der Waals surface area contributed by atoms with Crippen molar-refractivity contribution in [3.8, 4) is 11.5 Å². The quantitative estimate of drug-likeness (QED) is 0.429. The van der Waals surface area contributed by atoms with Crippen molar-refractivity contribution in [3.63, 3.8) is 0 Å². The van der Waals surface area contributed by atoms with Crippen LogP contribution < -0.4 is 14.4 Å². The van der Waals surface area contributed by atoms with Crippen LogP contribution in [0.15, 0.2) is 36.4 Å². The lowest BCUT2D eigenvalue weighted by Crippen LogP contribution is -2.49. The molecule has 0 saturated carbocycles. The maximum Gasteiger partial charge on any atom is 0.324 e. The number of aliphatic carboxylic acids is 1. The fraction of sp³-hybridized carbons (Fsp3) is 0.481. The van der Waals surface area contributed by atoms with Gasteiger partial charge in [0.2, 0.25) is 0 Å². The Hall–Kier alpha value is -3.22. The first-order valence-electron chi connectivity index (χ1n) is 12.1. The Balaban J connectivity index is 1.75. The van der Waals surface area contributed by atoms with E-state index in [4.69, 9.17) is 14.6 Å². The van der Waals surface area contributed by atoms with Gasteiger partial charge in [0.1, 0.15) is 11.5 Å². The van der Waals surface area contributed by atoms with E-state index < -0.39 is 5.97 Å². The van der Waals surface area contributed by atoms with E-state index in [-0.39, 0.29) is 12.5 Å². The number of benzene rings is 2. The molecule has 1 heterocycles. The molecule has 184 valence electrons. The molecule has 1 aliphatic rings. The van der Waals surface area contributed by atoms with Gasteiger partial charge in [0, 0.05) is 24.3 Å². The number of carboxylic acids is 1. The Morgan fingerprint density at radius 2 is 1.76 bits per heavy atom. The Kier molecular flexibility index (Phi) is 9.19. The van der Waals surface area contributed by atoms with Gasteiger partial charge < -0.3 is 19.5 Å². The summed E-state index contributed by atoms with van der Waals surface area (Å²) in [6.07, 6.45) is 6.44. The molecule has 0 aliphatic carbocycles. The summed E-state index contributed by atoms with van der Waals surface area (Å²) in [6.45, 7) is 3.95. The number of carbonyl (C=O) groups is 2. The lowest BCUT2D eigenvalue weighted by Gasteiger charge is -2.36. The van der Waals surface area contributed by atoms with Gasteiger partial charge in [-0.05, 0) is 54.7 Å². The van der Waals surface area contributed by atoms with Crippen LogP contribution >= 0.6 is 0 Å². The summed E-state index contributed by atoms with van der Waals surface area (Å²) in [6, 6.07) is 11.3. The van der Waals surface area contributed by atoms with Crippen LogP contribution in [0.25, 0.3) is 0 Å². The zero-order chi connectivity index (χ0) is 24.5. The van der Waals surface area contributed by atoms with Gasteiger partial charge in [0.15, 0.2) is 0 Å². The lowest BCUT2D eigenvalue weighted by atomic mass is 10.0. The zero-order valence-electron chi connectivity index (χ0n) is 20.5. The van der Waals surface area contributed by atoms with E-state index in [1.54, 1.807) is 26.4 Å². The van der Waals surface area contributed by atoms with Gasteiger partial charge in [0.25, 0.3) is 0 Å². The summed E-state index contributed by atoms with van der Waals surface area (Å²) in [7, 11) is 3.25. The maximum absolute atomic E-state index is 13.4. The van der Waals surface area contributed by atoms with Crippen molar-refractivity contribution in [2.75, 3.05) is 32.2 Å². The number of hydrogen-bond acceptors (Lipinski definition) is 4. The number of urea groups is 1. The van der Waals surface area contributed by atoms with Gasteiger partial charge in [-0.3, -0.25) is 9.69 Å². The Morgan fingerprint density at radius 3 is 2.47 bits per heavy atom. The highest BCUT2D eigenvalue weighted by atomic mass is 16.5. The van der Waals surface area contributed by atoms with Crippen molar-refractivity contribution in [1.29, 1.82) is 0 Å². The third kappa shape index (κ3) is 6.43. The third-order valence-corrected chi connectivity index (χ3v) is 6.25. The van der Waals surface area contributed by atoms with Crippen molar-refractivity contribution in [1.82, 2.24) is 4.90 Å². The second-order valence-electron chi connectivity index (χ2n) is 8.73. The van der Waals surface area contributed by atoms with E-state index in [0.717, 1.165) is 41.8 Å².